The summed E-state index contributed by atoms with van der Waals surface area (Å²) in [5.41, 5.74) is 0.776. The molecule has 1 aromatic carbocycles. The van der Waals surface area contributed by atoms with E-state index >= 15 is 0 Å². The fourth-order valence-corrected chi connectivity index (χ4v) is 3.74. The van der Waals surface area contributed by atoms with Crippen LogP contribution in [0.15, 0.2) is 24.5 Å². The van der Waals surface area contributed by atoms with Crippen LogP contribution in [0, 0.1) is 16.1 Å². The van der Waals surface area contributed by atoms with Crippen molar-refractivity contribution in [1.29, 1.82) is 0 Å². The summed E-state index contributed by atoms with van der Waals surface area (Å²) in [5, 5.41) is 15.2. The van der Waals surface area contributed by atoms with Gasteiger partial charge in [-0.25, -0.2) is 4.98 Å². The summed E-state index contributed by atoms with van der Waals surface area (Å²) in [6, 6.07) is 5.38. The Morgan fingerprint density at radius 1 is 1.32 bits per heavy atom. The molecule has 0 saturated carbocycles. The zero-order valence-electron chi connectivity index (χ0n) is 15.0. The Kier molecular flexibility index (Phi) is 6.71. The van der Waals surface area contributed by atoms with Crippen molar-refractivity contribution < 1.29 is 5.11 Å². The lowest BCUT2D eigenvalue weighted by atomic mass is 9.81. The maximum atomic E-state index is 10.9. The van der Waals surface area contributed by atoms with Gasteiger partial charge in [-0.15, -0.1) is 0 Å². The Balaban J connectivity index is 2.21. The van der Waals surface area contributed by atoms with Crippen molar-refractivity contribution >= 4 is 35.4 Å². The number of nitrogens with zero attached hydrogens (tertiary/aromatic N) is 2. The molecule has 3 atom stereocenters. The van der Waals surface area contributed by atoms with Crippen LogP contribution in [0.5, 0.6) is 0 Å². The Labute approximate surface area is 164 Å². The van der Waals surface area contributed by atoms with Gasteiger partial charge >= 0.3 is 0 Å². The van der Waals surface area contributed by atoms with E-state index in [1.54, 1.807) is 17.1 Å². The number of H-pyrrole nitrogens is 1. The first kappa shape index (κ1) is 20.4. The van der Waals surface area contributed by atoms with Crippen molar-refractivity contribution in [2.45, 2.75) is 52.7 Å². The molecule has 2 rings (SSSR count). The van der Waals surface area contributed by atoms with Crippen molar-refractivity contribution in [2.24, 2.45) is 11.3 Å². The second kappa shape index (κ2) is 8.21. The van der Waals surface area contributed by atoms with E-state index in [9.17, 15) is 5.11 Å². The minimum atomic E-state index is -0.567. The molecule has 138 valence electrons. The van der Waals surface area contributed by atoms with Crippen LogP contribution in [0.4, 0.5) is 0 Å². The molecule has 7 heteroatoms. The molecule has 25 heavy (non-hydrogen) atoms. The van der Waals surface area contributed by atoms with E-state index in [2.05, 4.69) is 17.0 Å². The topological polar surface area (TPSA) is 53.8 Å². The third-order valence-corrected chi connectivity index (χ3v) is 5.28. The molecule has 0 unspecified atom stereocenters. The molecule has 0 aliphatic rings. The van der Waals surface area contributed by atoms with Gasteiger partial charge in [0, 0.05) is 10.0 Å². The molecule has 2 N–H and O–H groups in total. The van der Waals surface area contributed by atoms with Crippen molar-refractivity contribution in [3.8, 4) is 0 Å². The van der Waals surface area contributed by atoms with Gasteiger partial charge < -0.3 is 5.11 Å². The number of benzene rings is 1. The van der Waals surface area contributed by atoms with E-state index < -0.39 is 6.10 Å². The van der Waals surface area contributed by atoms with E-state index in [0.717, 1.165) is 18.4 Å². The van der Waals surface area contributed by atoms with E-state index in [4.69, 9.17) is 35.4 Å². The number of aromatic amines is 1. The van der Waals surface area contributed by atoms with Gasteiger partial charge in [-0.2, -0.15) is 0 Å². The quantitative estimate of drug-likeness (QED) is 0.631. The Hall–Kier alpha value is -0.880. The minimum absolute atomic E-state index is 0.184. The third-order valence-electron chi connectivity index (χ3n) is 4.39. The summed E-state index contributed by atoms with van der Waals surface area (Å²) in [7, 11) is 0. The highest BCUT2D eigenvalue weighted by Crippen LogP contribution is 2.34. The van der Waals surface area contributed by atoms with Crippen LogP contribution in [-0.4, -0.2) is 26.0 Å². The van der Waals surface area contributed by atoms with E-state index in [-0.39, 0.29) is 17.4 Å². The second-order valence-corrected chi connectivity index (χ2v) is 8.91. The molecule has 2 aromatic rings. The van der Waals surface area contributed by atoms with Gasteiger partial charge in [0.05, 0.1) is 12.1 Å². The van der Waals surface area contributed by atoms with Crippen LogP contribution in [-0.2, 0) is 6.42 Å². The molecule has 4 nitrogen and oxygen atoms in total. The van der Waals surface area contributed by atoms with Crippen LogP contribution in [0.1, 0.15) is 45.7 Å². The number of aromatic nitrogens is 3. The number of hydrogen-bond acceptors (Lipinski definition) is 3. The van der Waals surface area contributed by atoms with Crippen LogP contribution in [0.25, 0.3) is 0 Å². The van der Waals surface area contributed by atoms with Gasteiger partial charge in [-0.3, -0.25) is 9.78 Å². The Bertz CT molecular complexity index is 766. The smallest absolute Gasteiger partial charge is 0.216 e. The molecule has 0 radical (unpaired) electrons. The summed E-state index contributed by atoms with van der Waals surface area (Å²) < 4.78 is 2.23. The molecule has 0 aliphatic heterocycles. The lowest BCUT2D eigenvalue weighted by Crippen LogP contribution is -2.37. The minimum Gasteiger partial charge on any atom is -0.390 e. The summed E-state index contributed by atoms with van der Waals surface area (Å²) in [4.78, 5) is 4.09. The standard InChI is InChI=1S/C18H25Cl2N3OS/c1-11(7-12-5-6-13(19)9-14(12)20)8-15(16(24)18(2,3)4)23-17(25)21-10-22-23/h5-6,9-11,15-16,24H,7-8H2,1-4H3,(H,21,22,25)/t11-,15-,16+/m1/s1. The van der Waals surface area contributed by atoms with Crippen molar-refractivity contribution in [3.05, 3.63) is 44.9 Å². The average molecular weight is 402 g/mol. The zero-order chi connectivity index (χ0) is 18.8. The van der Waals surface area contributed by atoms with Crippen LogP contribution in [0.2, 0.25) is 10.0 Å². The summed E-state index contributed by atoms with van der Waals surface area (Å²) in [6.45, 7) is 8.20. The fraction of sp³-hybridized carbons (Fsp3) is 0.556. The number of rotatable bonds is 6. The summed E-state index contributed by atoms with van der Waals surface area (Å²) in [5.74, 6) is 0.283. The molecule has 1 aromatic heterocycles. The van der Waals surface area contributed by atoms with Crippen LogP contribution in [0.3, 0.4) is 0 Å². The van der Waals surface area contributed by atoms with E-state index in [1.165, 1.54) is 0 Å². The van der Waals surface area contributed by atoms with Gasteiger partial charge in [0.1, 0.15) is 6.33 Å². The van der Waals surface area contributed by atoms with Crippen molar-refractivity contribution in [1.82, 2.24) is 14.8 Å². The van der Waals surface area contributed by atoms with Gasteiger partial charge in [-0.05, 0) is 54.1 Å². The average Bonchev–Trinajstić information content (AvgIpc) is 2.92. The lowest BCUT2D eigenvalue weighted by Gasteiger charge is -2.34. The predicted octanol–water partition coefficient (Wildman–Crippen LogP) is 5.46. The molecule has 0 bridgehead atoms. The number of hydrogen-bond donors (Lipinski definition) is 2. The van der Waals surface area contributed by atoms with Gasteiger partial charge in [0.2, 0.25) is 4.77 Å². The number of nitrogens with one attached hydrogen (secondary N) is 1. The maximum absolute atomic E-state index is 10.9. The largest absolute Gasteiger partial charge is 0.390 e. The lowest BCUT2D eigenvalue weighted by molar-refractivity contribution is 0.00389. The maximum Gasteiger partial charge on any atom is 0.216 e. The van der Waals surface area contributed by atoms with Gasteiger partial charge in [-0.1, -0.05) is 57.0 Å². The third kappa shape index (κ3) is 5.30. The molecule has 0 spiro atoms. The predicted molar refractivity (Wildman–Crippen MR) is 106 cm³/mol. The summed E-state index contributed by atoms with van der Waals surface area (Å²) in [6.07, 6.45) is 2.53. The normalized spacial score (nSPS) is 15.8. The first-order valence-corrected chi connectivity index (χ1v) is 9.50. The first-order valence-electron chi connectivity index (χ1n) is 8.33. The first-order chi connectivity index (χ1) is 11.6. The molecule has 1 heterocycles. The van der Waals surface area contributed by atoms with E-state index in [1.807, 2.05) is 32.9 Å². The number of aliphatic hydroxyl groups excluding tert-OH is 1. The molecule has 0 amide bonds. The highest BCUT2D eigenvalue weighted by atomic mass is 35.5. The van der Waals surface area contributed by atoms with Gasteiger partial charge in [0.15, 0.2) is 0 Å². The zero-order valence-corrected chi connectivity index (χ0v) is 17.3. The fourth-order valence-electron chi connectivity index (χ4n) is 3.01. The highest BCUT2D eigenvalue weighted by molar-refractivity contribution is 7.71. The Morgan fingerprint density at radius 3 is 2.52 bits per heavy atom. The van der Waals surface area contributed by atoms with E-state index in [0.29, 0.717) is 14.8 Å². The number of halogens is 2. The van der Waals surface area contributed by atoms with Crippen molar-refractivity contribution in [2.75, 3.05) is 0 Å². The molecular weight excluding hydrogens is 377 g/mol. The van der Waals surface area contributed by atoms with Gasteiger partial charge in [0.25, 0.3) is 0 Å². The highest BCUT2D eigenvalue weighted by Gasteiger charge is 2.33. The number of aliphatic hydroxyl groups is 1. The summed E-state index contributed by atoms with van der Waals surface area (Å²) >= 11 is 17.6. The molecular formula is C18H25Cl2N3OS. The molecule has 0 aliphatic carbocycles. The van der Waals surface area contributed by atoms with Crippen LogP contribution >= 0.6 is 35.4 Å². The second-order valence-electron chi connectivity index (χ2n) is 7.70. The SMILES string of the molecule is C[C@H](Cc1ccc(Cl)cc1Cl)C[C@H]([C@H](O)C(C)(C)C)n1[nH]cnc1=S. The Morgan fingerprint density at radius 2 is 2.00 bits per heavy atom. The molecule has 0 fully saturated rings. The molecule has 0 saturated heterocycles. The van der Waals surface area contributed by atoms with Crippen molar-refractivity contribution in [3.63, 3.8) is 0 Å². The van der Waals surface area contributed by atoms with Crippen LogP contribution < -0.4 is 0 Å². The monoisotopic (exact) mass is 401 g/mol.